The highest BCUT2D eigenvalue weighted by Crippen LogP contribution is 2.15. The van der Waals surface area contributed by atoms with Gasteiger partial charge < -0.3 is 0 Å². The van der Waals surface area contributed by atoms with E-state index in [4.69, 9.17) is 0 Å². The Morgan fingerprint density at radius 3 is 0.793 bits per heavy atom. The minimum atomic E-state index is 1.06. The highest BCUT2D eigenvalue weighted by molar-refractivity contribution is 4.98. The van der Waals surface area contributed by atoms with Gasteiger partial charge in [0.1, 0.15) is 0 Å². The maximum atomic E-state index is 3.91. The SMILES string of the molecule is [CH2]CCCCC#CCCCCCCCCCCCCCCCCCCCCC[CH2]. The van der Waals surface area contributed by atoms with Crippen molar-refractivity contribution in [1.82, 2.24) is 0 Å². The molecule has 0 unspecified atom stereocenters. The minimum Gasteiger partial charge on any atom is -0.103 e. The summed E-state index contributed by atoms with van der Waals surface area (Å²) in [5.41, 5.74) is 0. The third-order valence-corrected chi connectivity index (χ3v) is 5.98. The van der Waals surface area contributed by atoms with Crippen LogP contribution in [-0.2, 0) is 0 Å². The molecule has 0 atom stereocenters. The van der Waals surface area contributed by atoms with Gasteiger partial charge >= 0.3 is 0 Å². The van der Waals surface area contributed by atoms with E-state index in [1.165, 1.54) is 135 Å². The fraction of sp³-hybridized carbons (Fsp3) is 0.862. The second kappa shape index (κ2) is 27.6. The van der Waals surface area contributed by atoms with Crippen LogP contribution >= 0.6 is 0 Å². The first-order chi connectivity index (χ1) is 14.4. The average molecular weight is 403 g/mol. The Labute approximate surface area is 186 Å². The van der Waals surface area contributed by atoms with Gasteiger partial charge in [-0.15, -0.1) is 11.8 Å². The van der Waals surface area contributed by atoms with E-state index in [0.29, 0.717) is 0 Å². The van der Waals surface area contributed by atoms with Gasteiger partial charge in [0, 0.05) is 12.8 Å². The Morgan fingerprint density at radius 1 is 0.276 bits per heavy atom. The lowest BCUT2D eigenvalue weighted by atomic mass is 10.0. The predicted molar refractivity (Wildman–Crippen MR) is 134 cm³/mol. The quantitative estimate of drug-likeness (QED) is 0.118. The molecule has 170 valence electrons. The minimum absolute atomic E-state index is 1.06. The molecular weight excluding hydrogens is 348 g/mol. The Bertz CT molecular complexity index is 332. The third kappa shape index (κ3) is 27.6. The zero-order valence-electron chi connectivity index (χ0n) is 20.1. The van der Waals surface area contributed by atoms with Crippen LogP contribution in [0.2, 0.25) is 0 Å². The van der Waals surface area contributed by atoms with Crippen molar-refractivity contribution in [1.29, 1.82) is 0 Å². The van der Waals surface area contributed by atoms with Crippen molar-refractivity contribution in [2.45, 2.75) is 161 Å². The Kier molecular flexibility index (Phi) is 27.1. The van der Waals surface area contributed by atoms with Gasteiger partial charge in [-0.05, 0) is 12.8 Å². The molecule has 0 aliphatic rings. The van der Waals surface area contributed by atoms with E-state index in [1.807, 2.05) is 0 Å². The summed E-state index contributed by atoms with van der Waals surface area (Å²) in [5, 5.41) is 0. The monoisotopic (exact) mass is 402 g/mol. The highest BCUT2D eigenvalue weighted by Gasteiger charge is 1.95. The van der Waals surface area contributed by atoms with Crippen molar-refractivity contribution in [3.05, 3.63) is 13.8 Å². The van der Waals surface area contributed by atoms with E-state index >= 15 is 0 Å². The molecule has 0 spiro atoms. The van der Waals surface area contributed by atoms with Gasteiger partial charge in [-0.2, -0.15) is 0 Å². The van der Waals surface area contributed by atoms with Crippen molar-refractivity contribution in [3.63, 3.8) is 0 Å². The van der Waals surface area contributed by atoms with Gasteiger partial charge in [-0.1, -0.05) is 149 Å². The first-order valence-electron chi connectivity index (χ1n) is 13.5. The van der Waals surface area contributed by atoms with Crippen LogP contribution in [0.4, 0.5) is 0 Å². The average Bonchev–Trinajstić information content (AvgIpc) is 2.74. The Hall–Kier alpha value is -0.440. The van der Waals surface area contributed by atoms with Gasteiger partial charge in [0.25, 0.3) is 0 Å². The summed E-state index contributed by atoms with van der Waals surface area (Å²) < 4.78 is 0. The number of unbranched alkanes of at least 4 members (excludes halogenated alkanes) is 23. The molecule has 29 heavy (non-hydrogen) atoms. The Morgan fingerprint density at radius 2 is 0.483 bits per heavy atom. The second-order valence-corrected chi connectivity index (χ2v) is 8.99. The topological polar surface area (TPSA) is 0 Å². The van der Waals surface area contributed by atoms with Crippen molar-refractivity contribution in [2.24, 2.45) is 0 Å². The largest absolute Gasteiger partial charge is 0.103 e. The third-order valence-electron chi connectivity index (χ3n) is 5.98. The number of hydrogen-bond acceptors (Lipinski definition) is 0. The van der Waals surface area contributed by atoms with E-state index < -0.39 is 0 Å². The fourth-order valence-corrected chi connectivity index (χ4v) is 3.96. The lowest BCUT2D eigenvalue weighted by Gasteiger charge is -2.04. The summed E-state index contributed by atoms with van der Waals surface area (Å²) in [5.74, 6) is 6.63. The van der Waals surface area contributed by atoms with E-state index in [9.17, 15) is 0 Å². The zero-order chi connectivity index (χ0) is 21.1. The van der Waals surface area contributed by atoms with Crippen LogP contribution in [-0.4, -0.2) is 0 Å². The second-order valence-electron chi connectivity index (χ2n) is 8.99. The lowest BCUT2D eigenvalue weighted by molar-refractivity contribution is 0.523. The summed E-state index contributed by atoms with van der Waals surface area (Å²) in [7, 11) is 0. The summed E-state index contributed by atoms with van der Waals surface area (Å²) >= 11 is 0. The van der Waals surface area contributed by atoms with Gasteiger partial charge in [0.2, 0.25) is 0 Å². The van der Waals surface area contributed by atoms with Gasteiger partial charge in [0.15, 0.2) is 0 Å². The molecule has 0 heterocycles. The molecule has 2 radical (unpaired) electrons. The van der Waals surface area contributed by atoms with E-state index in [0.717, 1.165) is 25.7 Å². The molecule has 0 aliphatic heterocycles. The predicted octanol–water partition coefficient (Wildman–Crippen LogP) is 10.4. The van der Waals surface area contributed by atoms with Gasteiger partial charge in [0.05, 0.1) is 0 Å². The molecule has 0 aliphatic carbocycles. The molecule has 0 heteroatoms. The van der Waals surface area contributed by atoms with Crippen LogP contribution in [0.25, 0.3) is 0 Å². The number of rotatable bonds is 23. The molecule has 0 aromatic carbocycles. The molecule has 0 saturated carbocycles. The molecule has 0 nitrogen and oxygen atoms in total. The van der Waals surface area contributed by atoms with E-state index in [2.05, 4.69) is 25.7 Å². The molecule has 0 rings (SSSR count). The van der Waals surface area contributed by atoms with Crippen LogP contribution in [0, 0.1) is 25.7 Å². The van der Waals surface area contributed by atoms with Gasteiger partial charge in [-0.3, -0.25) is 0 Å². The summed E-state index contributed by atoms with van der Waals surface area (Å²) in [6.45, 7) is 7.78. The molecular formula is C29H54. The Balaban J connectivity index is 3.03. The van der Waals surface area contributed by atoms with E-state index in [1.54, 1.807) is 0 Å². The van der Waals surface area contributed by atoms with Crippen LogP contribution in [0.1, 0.15) is 161 Å². The summed E-state index contributed by atoms with van der Waals surface area (Å²) in [4.78, 5) is 0. The molecule has 0 aromatic rings. The van der Waals surface area contributed by atoms with Crippen molar-refractivity contribution >= 4 is 0 Å². The maximum Gasteiger partial charge on any atom is 0.00886 e. The normalized spacial score (nSPS) is 10.8. The molecule has 0 saturated heterocycles. The fourth-order valence-electron chi connectivity index (χ4n) is 3.96. The summed E-state index contributed by atoms with van der Waals surface area (Å²) in [6, 6.07) is 0. The molecule has 0 fully saturated rings. The number of hydrogen-bond donors (Lipinski definition) is 0. The molecule has 0 N–H and O–H groups in total. The van der Waals surface area contributed by atoms with E-state index in [-0.39, 0.29) is 0 Å². The molecule has 0 bridgehead atoms. The standard InChI is InChI=1S/C29H54/c1-3-5-7-9-11-13-15-17-19-21-23-25-27-29-28-26-24-22-20-18-16-14-12-10-8-6-4-2/h1-11,13,15-29H2. The first-order valence-corrected chi connectivity index (χ1v) is 13.5. The van der Waals surface area contributed by atoms with Crippen molar-refractivity contribution < 1.29 is 0 Å². The maximum absolute atomic E-state index is 3.91. The van der Waals surface area contributed by atoms with Crippen molar-refractivity contribution in [2.75, 3.05) is 0 Å². The van der Waals surface area contributed by atoms with Crippen LogP contribution in [0.15, 0.2) is 0 Å². The molecule has 0 aromatic heterocycles. The van der Waals surface area contributed by atoms with Crippen molar-refractivity contribution in [3.8, 4) is 11.8 Å². The smallest absolute Gasteiger partial charge is 0.00886 e. The summed E-state index contributed by atoms with van der Waals surface area (Å²) in [6.07, 6.45) is 34.1. The lowest BCUT2D eigenvalue weighted by Crippen LogP contribution is -1.84. The molecule has 0 amide bonds. The highest BCUT2D eigenvalue weighted by atomic mass is 14.0. The van der Waals surface area contributed by atoms with Crippen LogP contribution < -0.4 is 0 Å². The van der Waals surface area contributed by atoms with Crippen LogP contribution in [0.5, 0.6) is 0 Å². The first kappa shape index (κ1) is 28.6. The van der Waals surface area contributed by atoms with Gasteiger partial charge in [-0.25, -0.2) is 0 Å². The zero-order valence-corrected chi connectivity index (χ0v) is 20.1. The van der Waals surface area contributed by atoms with Crippen LogP contribution in [0.3, 0.4) is 0 Å².